The van der Waals surface area contributed by atoms with Crippen LogP contribution in [0.2, 0.25) is 0 Å². The minimum atomic E-state index is -4.54. The number of fused-ring (bicyclic) bond motifs is 1. The molecule has 2 amide bonds. The molecule has 1 unspecified atom stereocenters. The van der Waals surface area contributed by atoms with Crippen LogP contribution >= 0.6 is 0 Å². The molecule has 34 heavy (non-hydrogen) atoms. The highest BCUT2D eigenvalue weighted by atomic mass is 32.3. The van der Waals surface area contributed by atoms with Crippen LogP contribution in [0.15, 0.2) is 18.2 Å². The molecule has 3 rings (SSSR count). The molecule has 4 atom stereocenters. The van der Waals surface area contributed by atoms with Gasteiger partial charge in [0, 0.05) is 0 Å². The summed E-state index contributed by atoms with van der Waals surface area (Å²) in [7, 11) is -4.54. The van der Waals surface area contributed by atoms with Gasteiger partial charge in [-0.1, -0.05) is 32.0 Å². The SMILES string of the molecule is Cc1cccc(C)c1C(=O)OCCC(C)(C)COS(=O)(=O)ON1C(=O)C2[C@@H](C[C@H]2C(N)=O)[C@@H]1C. The number of primary amides is 1. The van der Waals surface area contributed by atoms with E-state index in [-0.39, 0.29) is 19.1 Å². The van der Waals surface area contributed by atoms with Crippen LogP contribution in [0.5, 0.6) is 0 Å². The predicted octanol–water partition coefficient (Wildman–Crippen LogP) is 2.04. The molecule has 0 bridgehead atoms. The number of benzene rings is 1. The molecule has 2 N–H and O–H groups in total. The Balaban J connectivity index is 1.50. The zero-order valence-electron chi connectivity index (χ0n) is 20.1. The number of aryl methyl sites for hydroxylation is 2. The first-order valence-electron chi connectivity index (χ1n) is 11.2. The Bertz CT molecular complexity index is 1060. The second-order valence-corrected chi connectivity index (χ2v) is 11.1. The topological polar surface area (TPSA) is 142 Å². The van der Waals surface area contributed by atoms with E-state index in [1.165, 1.54) is 0 Å². The van der Waals surface area contributed by atoms with Crippen molar-refractivity contribution in [1.82, 2.24) is 5.06 Å². The van der Waals surface area contributed by atoms with Crippen molar-refractivity contribution in [3.63, 3.8) is 0 Å². The summed E-state index contributed by atoms with van der Waals surface area (Å²) in [4.78, 5) is 36.5. The molecule has 0 radical (unpaired) electrons. The van der Waals surface area contributed by atoms with E-state index >= 15 is 0 Å². The van der Waals surface area contributed by atoms with Gasteiger partial charge in [0.2, 0.25) is 5.91 Å². The predicted molar refractivity (Wildman–Crippen MR) is 121 cm³/mol. The number of hydrogen-bond acceptors (Lipinski definition) is 8. The molecule has 2 aliphatic rings. The highest BCUT2D eigenvalue weighted by molar-refractivity contribution is 7.81. The van der Waals surface area contributed by atoms with Gasteiger partial charge in [-0.05, 0) is 56.1 Å². The quantitative estimate of drug-likeness (QED) is 0.485. The molecule has 188 valence electrons. The highest BCUT2D eigenvalue weighted by Crippen LogP contribution is 2.50. The summed E-state index contributed by atoms with van der Waals surface area (Å²) in [6.07, 6.45) is 0.754. The van der Waals surface area contributed by atoms with E-state index in [0.29, 0.717) is 18.4 Å². The fourth-order valence-electron chi connectivity index (χ4n) is 4.51. The Morgan fingerprint density at radius 2 is 1.82 bits per heavy atom. The van der Waals surface area contributed by atoms with Crippen LogP contribution in [0, 0.1) is 37.0 Å². The number of hydroxylamine groups is 2. The number of esters is 1. The van der Waals surface area contributed by atoms with Crippen molar-refractivity contribution >= 4 is 28.2 Å². The van der Waals surface area contributed by atoms with E-state index < -0.39 is 51.5 Å². The molecule has 1 heterocycles. The molecule has 2 fully saturated rings. The lowest BCUT2D eigenvalue weighted by atomic mass is 9.64. The molecule has 1 saturated carbocycles. The third-order valence-corrected chi connectivity index (χ3v) is 7.49. The van der Waals surface area contributed by atoms with Crippen LogP contribution in [0.3, 0.4) is 0 Å². The maximum absolute atomic E-state index is 12.6. The number of nitrogens with two attached hydrogens (primary N) is 1. The summed E-state index contributed by atoms with van der Waals surface area (Å²) < 4.78 is 40.2. The van der Waals surface area contributed by atoms with Gasteiger partial charge in [0.15, 0.2) is 0 Å². The molecular weight excluding hydrogens is 464 g/mol. The second kappa shape index (κ2) is 9.63. The molecule has 10 nitrogen and oxygen atoms in total. The number of nitrogens with zero attached hydrogens (tertiary/aromatic N) is 1. The summed E-state index contributed by atoms with van der Waals surface area (Å²) in [5, 5.41) is 0.771. The van der Waals surface area contributed by atoms with Crippen LogP contribution in [0.1, 0.15) is 55.1 Å². The molecule has 1 saturated heterocycles. The van der Waals surface area contributed by atoms with E-state index in [1.807, 2.05) is 32.0 Å². The average molecular weight is 497 g/mol. The minimum absolute atomic E-state index is 0.0728. The van der Waals surface area contributed by atoms with Crippen molar-refractivity contribution in [3.8, 4) is 0 Å². The summed E-state index contributed by atoms with van der Waals surface area (Å²) in [6, 6.07) is 5.00. The van der Waals surface area contributed by atoms with Crippen LogP contribution in [-0.4, -0.2) is 50.5 Å². The summed E-state index contributed by atoms with van der Waals surface area (Å²) >= 11 is 0. The fraction of sp³-hybridized carbons (Fsp3) is 0.609. The van der Waals surface area contributed by atoms with Gasteiger partial charge in [0.05, 0.1) is 36.7 Å². The van der Waals surface area contributed by atoms with E-state index in [0.717, 1.165) is 16.2 Å². The molecule has 1 aliphatic heterocycles. The van der Waals surface area contributed by atoms with Crippen molar-refractivity contribution in [1.29, 1.82) is 0 Å². The van der Waals surface area contributed by atoms with E-state index in [4.69, 9.17) is 18.9 Å². The number of rotatable bonds is 10. The molecule has 1 aromatic carbocycles. The number of hydrogen-bond donors (Lipinski definition) is 1. The Morgan fingerprint density at radius 3 is 2.41 bits per heavy atom. The summed E-state index contributed by atoms with van der Waals surface area (Å²) in [5.74, 6) is -3.06. The van der Waals surface area contributed by atoms with Crippen LogP contribution in [0.4, 0.5) is 0 Å². The van der Waals surface area contributed by atoms with Crippen molar-refractivity contribution < 1.29 is 36.0 Å². The van der Waals surface area contributed by atoms with E-state index in [2.05, 4.69) is 0 Å². The lowest BCUT2D eigenvalue weighted by Crippen LogP contribution is -2.46. The van der Waals surface area contributed by atoms with Crippen molar-refractivity contribution in [2.45, 2.75) is 53.5 Å². The van der Waals surface area contributed by atoms with Gasteiger partial charge in [-0.3, -0.25) is 9.59 Å². The lowest BCUT2D eigenvalue weighted by molar-refractivity contribution is -0.160. The standard InChI is InChI=1S/C23H32N2O8S/c1-13-7-6-8-14(2)18(13)22(28)31-10-9-23(4,5)12-32-34(29,30)33-25-15(3)16-11-17(20(24)26)19(16)21(25)27/h6-8,15-17,19H,9-12H2,1-5H3,(H2,24,26)/t15-,16-,17+,19?/m0/s1. The third kappa shape index (κ3) is 5.42. The largest absolute Gasteiger partial charge is 0.462 e. The Morgan fingerprint density at radius 1 is 1.21 bits per heavy atom. The van der Waals surface area contributed by atoms with Gasteiger partial charge in [0.1, 0.15) is 0 Å². The molecule has 1 aliphatic carbocycles. The smallest absolute Gasteiger partial charge is 0.421 e. The van der Waals surface area contributed by atoms with Gasteiger partial charge in [-0.2, -0.15) is 13.5 Å². The minimum Gasteiger partial charge on any atom is -0.462 e. The van der Waals surface area contributed by atoms with Gasteiger partial charge >= 0.3 is 16.4 Å². The Kier molecular flexibility index (Phi) is 7.40. The average Bonchev–Trinajstić information content (AvgIpc) is 2.85. The van der Waals surface area contributed by atoms with E-state index in [9.17, 15) is 22.8 Å². The van der Waals surface area contributed by atoms with Gasteiger partial charge < -0.3 is 10.5 Å². The first kappa shape index (κ1) is 26.1. The highest BCUT2D eigenvalue weighted by Gasteiger charge is 2.60. The van der Waals surface area contributed by atoms with Crippen LogP contribution < -0.4 is 5.73 Å². The van der Waals surface area contributed by atoms with Crippen LogP contribution in [-0.2, 0) is 33.2 Å². The zero-order valence-corrected chi connectivity index (χ0v) is 20.9. The van der Waals surface area contributed by atoms with Gasteiger partial charge in [-0.25, -0.2) is 8.98 Å². The number of carbonyl (C=O) groups is 3. The van der Waals surface area contributed by atoms with Crippen molar-refractivity contribution in [3.05, 3.63) is 34.9 Å². The monoisotopic (exact) mass is 496 g/mol. The van der Waals surface area contributed by atoms with Crippen LogP contribution in [0.25, 0.3) is 0 Å². The van der Waals surface area contributed by atoms with E-state index in [1.54, 1.807) is 20.8 Å². The Labute approximate surface area is 200 Å². The normalized spacial score (nSPS) is 24.5. The molecule has 0 spiro atoms. The van der Waals surface area contributed by atoms with Crippen molar-refractivity contribution in [2.75, 3.05) is 13.2 Å². The maximum Gasteiger partial charge on any atom is 0.421 e. The van der Waals surface area contributed by atoms with Gasteiger partial charge in [-0.15, -0.1) is 4.28 Å². The number of ether oxygens (including phenoxy) is 1. The fourth-order valence-corrected chi connectivity index (χ4v) is 5.43. The first-order chi connectivity index (χ1) is 15.7. The lowest BCUT2D eigenvalue weighted by Gasteiger charge is -2.36. The summed E-state index contributed by atoms with van der Waals surface area (Å²) in [5.41, 5.74) is 6.79. The molecule has 1 aromatic rings. The van der Waals surface area contributed by atoms with Crippen molar-refractivity contribution in [2.24, 2.45) is 28.9 Å². The molecular formula is C23H32N2O8S. The first-order valence-corrected chi connectivity index (χ1v) is 12.5. The summed E-state index contributed by atoms with van der Waals surface area (Å²) in [6.45, 7) is 8.67. The Hall–Kier alpha value is -2.50. The second-order valence-electron chi connectivity index (χ2n) is 9.90. The molecule has 11 heteroatoms. The maximum atomic E-state index is 12.6. The number of carbonyl (C=O) groups excluding carboxylic acids is 3. The number of amides is 2. The zero-order chi connectivity index (χ0) is 25.4. The van der Waals surface area contributed by atoms with Gasteiger partial charge in [0.25, 0.3) is 5.91 Å². The third-order valence-electron chi connectivity index (χ3n) is 6.74. The molecule has 0 aromatic heterocycles.